The molecule has 0 saturated heterocycles. The third-order valence-corrected chi connectivity index (χ3v) is 4.54. The van der Waals surface area contributed by atoms with Gasteiger partial charge in [-0.3, -0.25) is 4.21 Å². The Morgan fingerprint density at radius 3 is 2.62 bits per heavy atom. The minimum Gasteiger partial charge on any atom is -0.316 e. The van der Waals surface area contributed by atoms with Crippen molar-refractivity contribution < 1.29 is 4.21 Å². The van der Waals surface area contributed by atoms with Crippen LogP contribution in [0.4, 0.5) is 0 Å². The first-order valence-corrected chi connectivity index (χ1v) is 6.73. The first-order valence-electron chi connectivity index (χ1n) is 5.24. The molecule has 0 aliphatic heterocycles. The SMILES string of the molecule is CNC(C)CS(=O)CC1CCCC1. The minimum atomic E-state index is -0.602. The van der Waals surface area contributed by atoms with Crippen LogP contribution in [0.5, 0.6) is 0 Å². The first kappa shape index (κ1) is 11.2. The van der Waals surface area contributed by atoms with E-state index in [-0.39, 0.29) is 0 Å². The normalized spacial score (nSPS) is 23.2. The molecule has 0 heterocycles. The lowest BCUT2D eigenvalue weighted by Crippen LogP contribution is -2.29. The molecule has 0 spiro atoms. The van der Waals surface area contributed by atoms with Crippen molar-refractivity contribution in [3.8, 4) is 0 Å². The van der Waals surface area contributed by atoms with Crippen LogP contribution in [0.25, 0.3) is 0 Å². The van der Waals surface area contributed by atoms with Gasteiger partial charge in [0.05, 0.1) is 0 Å². The molecule has 0 aromatic carbocycles. The Morgan fingerprint density at radius 2 is 2.08 bits per heavy atom. The van der Waals surface area contributed by atoms with E-state index in [4.69, 9.17) is 0 Å². The predicted molar refractivity (Wildman–Crippen MR) is 58.4 cm³/mol. The van der Waals surface area contributed by atoms with E-state index in [0.717, 1.165) is 17.4 Å². The van der Waals surface area contributed by atoms with Crippen molar-refractivity contribution in [1.29, 1.82) is 0 Å². The third kappa shape index (κ3) is 4.23. The molecular weight excluding hydrogens is 182 g/mol. The van der Waals surface area contributed by atoms with E-state index in [0.29, 0.717) is 6.04 Å². The number of nitrogens with one attached hydrogen (secondary N) is 1. The van der Waals surface area contributed by atoms with Crippen LogP contribution in [0.3, 0.4) is 0 Å². The van der Waals surface area contributed by atoms with Crippen LogP contribution in [0.15, 0.2) is 0 Å². The Kier molecular flexibility index (Phi) is 4.96. The van der Waals surface area contributed by atoms with Gasteiger partial charge in [-0.15, -0.1) is 0 Å². The topological polar surface area (TPSA) is 29.1 Å². The second-order valence-electron chi connectivity index (χ2n) is 4.11. The second-order valence-corrected chi connectivity index (χ2v) is 5.66. The average Bonchev–Trinajstić information content (AvgIpc) is 2.56. The molecule has 0 amide bonds. The molecule has 1 aliphatic carbocycles. The molecule has 0 aromatic rings. The molecule has 0 bridgehead atoms. The fourth-order valence-electron chi connectivity index (χ4n) is 1.87. The summed E-state index contributed by atoms with van der Waals surface area (Å²) in [6.45, 7) is 2.09. The van der Waals surface area contributed by atoms with E-state index in [2.05, 4.69) is 12.2 Å². The van der Waals surface area contributed by atoms with Crippen LogP contribution in [0.1, 0.15) is 32.6 Å². The molecule has 0 radical (unpaired) electrons. The van der Waals surface area contributed by atoms with Crippen molar-refractivity contribution >= 4 is 10.8 Å². The van der Waals surface area contributed by atoms with E-state index in [1.807, 2.05) is 7.05 Å². The van der Waals surface area contributed by atoms with Gasteiger partial charge in [0.15, 0.2) is 0 Å². The molecule has 1 aliphatic rings. The van der Waals surface area contributed by atoms with Gasteiger partial charge in [-0.2, -0.15) is 0 Å². The zero-order valence-electron chi connectivity index (χ0n) is 8.71. The Labute approximate surface area is 83.9 Å². The second kappa shape index (κ2) is 5.76. The Balaban J connectivity index is 2.16. The van der Waals surface area contributed by atoms with Crippen LogP contribution in [0.2, 0.25) is 0 Å². The van der Waals surface area contributed by atoms with Crippen molar-refractivity contribution in [3.05, 3.63) is 0 Å². The van der Waals surface area contributed by atoms with Crippen molar-refractivity contribution in [3.63, 3.8) is 0 Å². The van der Waals surface area contributed by atoms with Gasteiger partial charge in [0.25, 0.3) is 0 Å². The highest BCUT2D eigenvalue weighted by atomic mass is 32.2. The molecule has 1 saturated carbocycles. The summed E-state index contributed by atoms with van der Waals surface area (Å²) in [6.07, 6.45) is 5.31. The molecule has 0 aromatic heterocycles. The summed E-state index contributed by atoms with van der Waals surface area (Å²) < 4.78 is 11.6. The molecule has 3 heteroatoms. The average molecular weight is 203 g/mol. The summed E-state index contributed by atoms with van der Waals surface area (Å²) in [4.78, 5) is 0. The summed E-state index contributed by atoms with van der Waals surface area (Å²) in [7, 11) is 1.33. The van der Waals surface area contributed by atoms with Gasteiger partial charge >= 0.3 is 0 Å². The maximum atomic E-state index is 11.6. The Morgan fingerprint density at radius 1 is 1.46 bits per heavy atom. The maximum Gasteiger partial charge on any atom is 0.0386 e. The highest BCUT2D eigenvalue weighted by Crippen LogP contribution is 2.25. The van der Waals surface area contributed by atoms with Crippen LogP contribution in [-0.2, 0) is 10.8 Å². The molecule has 13 heavy (non-hydrogen) atoms. The molecule has 2 nitrogen and oxygen atoms in total. The molecule has 1 rings (SSSR count). The van der Waals surface area contributed by atoms with Gasteiger partial charge < -0.3 is 5.32 Å². The standard InChI is InChI=1S/C10H21NOS/c1-9(11-2)7-13(12)8-10-5-3-4-6-10/h9-11H,3-8H2,1-2H3. The van der Waals surface area contributed by atoms with E-state index in [1.54, 1.807) is 0 Å². The summed E-state index contributed by atoms with van der Waals surface area (Å²) in [5.74, 6) is 2.50. The summed E-state index contributed by atoms with van der Waals surface area (Å²) in [5.41, 5.74) is 0. The third-order valence-electron chi connectivity index (χ3n) is 2.83. The number of rotatable bonds is 5. The van der Waals surface area contributed by atoms with Crippen molar-refractivity contribution in [2.75, 3.05) is 18.6 Å². The van der Waals surface area contributed by atoms with Crippen molar-refractivity contribution in [2.24, 2.45) is 5.92 Å². The van der Waals surface area contributed by atoms with Gasteiger partial charge in [-0.05, 0) is 32.7 Å². The highest BCUT2D eigenvalue weighted by molar-refractivity contribution is 7.85. The lowest BCUT2D eigenvalue weighted by molar-refractivity contribution is 0.596. The predicted octanol–water partition coefficient (Wildman–Crippen LogP) is 1.53. The van der Waals surface area contributed by atoms with Crippen LogP contribution >= 0.6 is 0 Å². The Hall–Kier alpha value is 0.110. The van der Waals surface area contributed by atoms with E-state index < -0.39 is 10.8 Å². The van der Waals surface area contributed by atoms with Gasteiger partial charge in [0, 0.05) is 28.3 Å². The fourth-order valence-corrected chi connectivity index (χ4v) is 3.59. The zero-order valence-corrected chi connectivity index (χ0v) is 9.53. The quantitative estimate of drug-likeness (QED) is 0.734. The molecule has 78 valence electrons. The summed E-state index contributed by atoms with van der Waals surface area (Å²) >= 11 is 0. The molecule has 1 N–H and O–H groups in total. The smallest absolute Gasteiger partial charge is 0.0386 e. The van der Waals surface area contributed by atoms with Gasteiger partial charge in [-0.25, -0.2) is 0 Å². The van der Waals surface area contributed by atoms with Gasteiger partial charge in [0.2, 0.25) is 0 Å². The molecule has 1 fully saturated rings. The highest BCUT2D eigenvalue weighted by Gasteiger charge is 2.18. The zero-order chi connectivity index (χ0) is 9.68. The maximum absolute atomic E-state index is 11.6. The monoisotopic (exact) mass is 203 g/mol. The van der Waals surface area contributed by atoms with Crippen LogP contribution < -0.4 is 5.32 Å². The molecule has 2 unspecified atom stereocenters. The first-order chi connectivity index (χ1) is 6.22. The van der Waals surface area contributed by atoms with E-state index in [9.17, 15) is 4.21 Å². The van der Waals surface area contributed by atoms with Crippen molar-refractivity contribution in [1.82, 2.24) is 5.32 Å². The van der Waals surface area contributed by atoms with E-state index >= 15 is 0 Å². The molecule has 2 atom stereocenters. The fraction of sp³-hybridized carbons (Fsp3) is 1.00. The van der Waals surface area contributed by atoms with Gasteiger partial charge in [0.1, 0.15) is 0 Å². The summed E-state index contributed by atoms with van der Waals surface area (Å²) in [6, 6.07) is 0.391. The number of hydrogen-bond acceptors (Lipinski definition) is 2. The van der Waals surface area contributed by atoms with Crippen LogP contribution in [-0.4, -0.2) is 28.8 Å². The lowest BCUT2D eigenvalue weighted by Gasteiger charge is -2.12. The number of hydrogen-bond donors (Lipinski definition) is 1. The van der Waals surface area contributed by atoms with Crippen LogP contribution in [0, 0.1) is 5.92 Å². The minimum absolute atomic E-state index is 0.391. The van der Waals surface area contributed by atoms with Crippen molar-refractivity contribution in [2.45, 2.75) is 38.6 Å². The summed E-state index contributed by atoms with van der Waals surface area (Å²) in [5, 5.41) is 3.13. The van der Waals surface area contributed by atoms with Gasteiger partial charge in [-0.1, -0.05) is 12.8 Å². The largest absolute Gasteiger partial charge is 0.316 e. The lowest BCUT2D eigenvalue weighted by atomic mass is 10.1. The molecular formula is C10H21NOS. The van der Waals surface area contributed by atoms with E-state index in [1.165, 1.54) is 25.7 Å². The Bertz CT molecular complexity index is 166.